The summed E-state index contributed by atoms with van der Waals surface area (Å²) in [6, 6.07) is 5.40. The number of nitrogens with one attached hydrogen (secondary N) is 1. The minimum absolute atomic E-state index is 0.594. The van der Waals surface area contributed by atoms with Crippen LogP contribution in [0, 0.1) is 0 Å². The van der Waals surface area contributed by atoms with E-state index in [-0.39, 0.29) is 0 Å². The minimum Gasteiger partial charge on any atom is -0.374 e. The highest BCUT2D eigenvalue weighted by Gasteiger charge is 2.02. The molecule has 0 unspecified atom stereocenters. The minimum atomic E-state index is 0.594. The summed E-state index contributed by atoms with van der Waals surface area (Å²) in [5.74, 6) is 0.982. The van der Waals surface area contributed by atoms with Crippen molar-refractivity contribution in [2.24, 2.45) is 4.99 Å². The lowest BCUT2D eigenvalue weighted by molar-refractivity contribution is 0.585. The molecule has 124 valence electrons. The number of rotatable bonds is 10. The smallest absolute Gasteiger partial charge is 0.102 e. The summed E-state index contributed by atoms with van der Waals surface area (Å²) in [5, 5.41) is 4.65. The van der Waals surface area contributed by atoms with E-state index in [0.717, 1.165) is 24.5 Å². The molecule has 1 aromatic carbocycles. The van der Waals surface area contributed by atoms with Gasteiger partial charge in [0.2, 0.25) is 0 Å². The van der Waals surface area contributed by atoms with Crippen LogP contribution in [0.3, 0.4) is 0 Å². The van der Waals surface area contributed by atoms with E-state index in [0.29, 0.717) is 10.0 Å². The van der Waals surface area contributed by atoms with E-state index in [1.54, 1.807) is 6.07 Å². The first-order valence-electron chi connectivity index (χ1n) is 8.43. The van der Waals surface area contributed by atoms with Crippen LogP contribution < -0.4 is 5.32 Å². The van der Waals surface area contributed by atoms with Crippen molar-refractivity contribution >= 4 is 34.7 Å². The molecule has 0 aromatic heterocycles. The number of benzene rings is 1. The Balaban J connectivity index is 2.31. The molecule has 0 radical (unpaired) electrons. The molecule has 0 aliphatic heterocycles. The molecule has 0 spiro atoms. The molecule has 4 heteroatoms. The van der Waals surface area contributed by atoms with Crippen molar-refractivity contribution in [1.82, 2.24) is 5.32 Å². The molecule has 0 heterocycles. The van der Waals surface area contributed by atoms with Gasteiger partial charge in [-0.1, -0.05) is 75.6 Å². The number of nitrogens with zero attached hydrogens (tertiary/aromatic N) is 1. The largest absolute Gasteiger partial charge is 0.374 e. The summed E-state index contributed by atoms with van der Waals surface area (Å²) in [6.07, 6.45) is 10.1. The zero-order valence-corrected chi connectivity index (χ0v) is 15.3. The SMILES string of the molecule is CCCCCCCCCN/C(CC)=N\c1ccc(Cl)cc1Cl. The van der Waals surface area contributed by atoms with Crippen LogP contribution in [0.25, 0.3) is 0 Å². The Hall–Kier alpha value is -0.730. The number of hydrogen-bond acceptors (Lipinski definition) is 1. The highest BCUT2D eigenvalue weighted by molar-refractivity contribution is 6.36. The second-order valence-electron chi connectivity index (χ2n) is 5.56. The predicted molar refractivity (Wildman–Crippen MR) is 99.8 cm³/mol. The van der Waals surface area contributed by atoms with E-state index in [9.17, 15) is 0 Å². The van der Waals surface area contributed by atoms with Crippen LogP contribution in [0.1, 0.15) is 65.2 Å². The summed E-state index contributed by atoms with van der Waals surface area (Å²) in [6.45, 7) is 5.33. The Morgan fingerprint density at radius 1 is 1.00 bits per heavy atom. The molecule has 0 saturated carbocycles. The van der Waals surface area contributed by atoms with Gasteiger partial charge in [0, 0.05) is 18.0 Å². The molecular weight excluding hydrogens is 315 g/mol. The molecule has 22 heavy (non-hydrogen) atoms. The van der Waals surface area contributed by atoms with Gasteiger partial charge in [-0.05, 0) is 24.6 Å². The molecule has 0 atom stereocenters. The highest BCUT2D eigenvalue weighted by Crippen LogP contribution is 2.28. The van der Waals surface area contributed by atoms with Crippen LogP contribution in [0.15, 0.2) is 23.2 Å². The van der Waals surface area contributed by atoms with Crippen LogP contribution in [0.5, 0.6) is 0 Å². The van der Waals surface area contributed by atoms with E-state index in [1.807, 2.05) is 12.1 Å². The fourth-order valence-corrected chi connectivity index (χ4v) is 2.73. The van der Waals surface area contributed by atoms with Gasteiger partial charge in [0.15, 0.2) is 0 Å². The van der Waals surface area contributed by atoms with Crippen molar-refractivity contribution < 1.29 is 0 Å². The van der Waals surface area contributed by atoms with Gasteiger partial charge in [0.05, 0.1) is 10.7 Å². The van der Waals surface area contributed by atoms with Crippen molar-refractivity contribution in [3.63, 3.8) is 0 Å². The van der Waals surface area contributed by atoms with Gasteiger partial charge < -0.3 is 5.32 Å². The number of amidine groups is 1. The Morgan fingerprint density at radius 3 is 2.32 bits per heavy atom. The maximum atomic E-state index is 6.16. The fourth-order valence-electron chi connectivity index (χ4n) is 2.28. The number of unbranched alkanes of at least 4 members (excludes halogenated alkanes) is 6. The zero-order valence-electron chi connectivity index (χ0n) is 13.8. The molecule has 0 saturated heterocycles. The second-order valence-corrected chi connectivity index (χ2v) is 6.40. The summed E-state index contributed by atoms with van der Waals surface area (Å²) in [5.41, 5.74) is 0.773. The van der Waals surface area contributed by atoms with Gasteiger partial charge >= 0.3 is 0 Å². The number of aliphatic imine (C=N–C) groups is 1. The normalized spacial score (nSPS) is 11.7. The lowest BCUT2D eigenvalue weighted by Gasteiger charge is -2.09. The summed E-state index contributed by atoms with van der Waals surface area (Å²) >= 11 is 12.1. The maximum absolute atomic E-state index is 6.16. The van der Waals surface area contributed by atoms with E-state index < -0.39 is 0 Å². The van der Waals surface area contributed by atoms with E-state index in [2.05, 4.69) is 24.2 Å². The van der Waals surface area contributed by atoms with Crippen molar-refractivity contribution in [2.45, 2.75) is 65.2 Å². The lowest BCUT2D eigenvalue weighted by atomic mass is 10.1. The van der Waals surface area contributed by atoms with Crippen LogP contribution >= 0.6 is 23.2 Å². The van der Waals surface area contributed by atoms with Gasteiger partial charge in [0.25, 0.3) is 0 Å². The predicted octanol–water partition coefficient (Wildman–Crippen LogP) is 6.77. The Morgan fingerprint density at radius 2 is 1.68 bits per heavy atom. The molecule has 1 aromatic rings. The highest BCUT2D eigenvalue weighted by atomic mass is 35.5. The van der Waals surface area contributed by atoms with E-state index in [1.165, 1.54) is 44.9 Å². The number of hydrogen-bond donors (Lipinski definition) is 1. The average molecular weight is 343 g/mol. The molecule has 1 rings (SSSR count). The van der Waals surface area contributed by atoms with Crippen LogP contribution in [-0.4, -0.2) is 12.4 Å². The lowest BCUT2D eigenvalue weighted by Crippen LogP contribution is -2.23. The summed E-state index contributed by atoms with van der Waals surface area (Å²) in [7, 11) is 0. The summed E-state index contributed by atoms with van der Waals surface area (Å²) in [4.78, 5) is 4.59. The number of halogens is 2. The van der Waals surface area contributed by atoms with Gasteiger partial charge in [-0.2, -0.15) is 0 Å². The Labute approximate surface area is 145 Å². The average Bonchev–Trinajstić information content (AvgIpc) is 2.51. The molecule has 1 N–H and O–H groups in total. The van der Waals surface area contributed by atoms with Gasteiger partial charge in [-0.25, -0.2) is 4.99 Å². The molecule has 0 bridgehead atoms. The molecular formula is C18H28Cl2N2. The molecule has 0 aliphatic rings. The first kappa shape index (κ1) is 19.3. The third kappa shape index (κ3) is 8.05. The monoisotopic (exact) mass is 342 g/mol. The topological polar surface area (TPSA) is 24.4 Å². The van der Waals surface area contributed by atoms with Crippen LogP contribution in [0.4, 0.5) is 5.69 Å². The zero-order chi connectivity index (χ0) is 16.2. The van der Waals surface area contributed by atoms with E-state index >= 15 is 0 Å². The van der Waals surface area contributed by atoms with Gasteiger partial charge in [-0.15, -0.1) is 0 Å². The first-order valence-corrected chi connectivity index (χ1v) is 9.19. The third-order valence-electron chi connectivity index (χ3n) is 3.61. The van der Waals surface area contributed by atoms with Crippen LogP contribution in [0.2, 0.25) is 10.0 Å². The maximum Gasteiger partial charge on any atom is 0.102 e. The molecule has 2 nitrogen and oxygen atoms in total. The van der Waals surface area contributed by atoms with Crippen molar-refractivity contribution in [3.8, 4) is 0 Å². The van der Waals surface area contributed by atoms with Crippen molar-refractivity contribution in [2.75, 3.05) is 6.54 Å². The van der Waals surface area contributed by atoms with Gasteiger partial charge in [-0.3, -0.25) is 0 Å². The second kappa shape index (κ2) is 11.8. The van der Waals surface area contributed by atoms with Crippen LogP contribution in [-0.2, 0) is 0 Å². The van der Waals surface area contributed by atoms with Crippen molar-refractivity contribution in [3.05, 3.63) is 28.2 Å². The third-order valence-corrected chi connectivity index (χ3v) is 4.15. The van der Waals surface area contributed by atoms with E-state index in [4.69, 9.17) is 23.2 Å². The quantitative estimate of drug-likeness (QED) is 0.283. The molecule has 0 aliphatic carbocycles. The first-order chi connectivity index (χ1) is 10.7. The summed E-state index contributed by atoms with van der Waals surface area (Å²) < 4.78 is 0. The Kier molecular flexibility index (Phi) is 10.3. The van der Waals surface area contributed by atoms with Crippen molar-refractivity contribution in [1.29, 1.82) is 0 Å². The molecule has 0 fully saturated rings. The molecule has 0 amide bonds. The fraction of sp³-hybridized carbons (Fsp3) is 0.611. The van der Waals surface area contributed by atoms with Gasteiger partial charge in [0.1, 0.15) is 5.84 Å². The standard InChI is InChI=1S/C18H28Cl2N2/c1-3-5-6-7-8-9-10-13-21-18(4-2)22-17-12-11-15(19)14-16(17)20/h11-12,14H,3-10,13H2,1-2H3,(H,21,22). The Bertz CT molecular complexity index is 458.